The average Bonchev–Trinajstić information content (AvgIpc) is 3.39. The fraction of sp³-hybridized carbons (Fsp3) is 0.300. The summed E-state index contributed by atoms with van der Waals surface area (Å²) >= 11 is 0. The van der Waals surface area contributed by atoms with Gasteiger partial charge in [-0.2, -0.15) is 0 Å². The first-order valence-electron chi connectivity index (χ1n) is 12.6. The van der Waals surface area contributed by atoms with Crippen molar-refractivity contribution in [3.63, 3.8) is 0 Å². The minimum atomic E-state index is -1.41. The van der Waals surface area contributed by atoms with Gasteiger partial charge in [-0.15, -0.1) is 0 Å². The fourth-order valence-electron chi connectivity index (χ4n) is 5.97. The smallest absolute Gasteiger partial charge is 0.191 e. The standard InChI is InChI=1S/C30H30FN2O3/c31-25-11-13-26(14-12-25)35-28-21-33(17-15-22(28)16-18-33)20-27-19-29(32-36-27)30(34,23-7-3-1-4-8-23)24-9-5-2-6-10-24/h1-14,19,22,28,34H,15-18,20-21H2/q+1/t22?,28-,33?/m0/s1. The van der Waals surface area contributed by atoms with Crippen molar-refractivity contribution < 1.29 is 23.2 Å². The lowest BCUT2D eigenvalue weighted by Gasteiger charge is -2.51. The van der Waals surface area contributed by atoms with E-state index in [0.717, 1.165) is 53.8 Å². The lowest BCUT2D eigenvalue weighted by Crippen LogP contribution is -2.64. The molecular formula is C30H30FN2O3+. The van der Waals surface area contributed by atoms with Crippen molar-refractivity contribution in [2.24, 2.45) is 5.92 Å². The van der Waals surface area contributed by atoms with Crippen molar-refractivity contribution in [3.8, 4) is 5.75 Å². The zero-order valence-corrected chi connectivity index (χ0v) is 20.1. The maximum absolute atomic E-state index is 13.3. The number of aromatic nitrogens is 1. The van der Waals surface area contributed by atoms with Crippen LogP contribution < -0.4 is 4.74 Å². The fourth-order valence-corrected chi connectivity index (χ4v) is 5.97. The van der Waals surface area contributed by atoms with Gasteiger partial charge in [0.15, 0.2) is 17.5 Å². The van der Waals surface area contributed by atoms with Crippen molar-refractivity contribution in [1.29, 1.82) is 0 Å². The SMILES string of the molecule is OC(c1ccccc1)(c1ccccc1)c1cc(C[N+]23CCC(CC2)[C@@H](Oc2ccc(F)cc2)C3)on1. The number of fused-ring (bicyclic) bond motifs is 3. The predicted molar refractivity (Wildman–Crippen MR) is 134 cm³/mol. The van der Waals surface area contributed by atoms with Crippen molar-refractivity contribution in [3.05, 3.63) is 119 Å². The first-order valence-corrected chi connectivity index (χ1v) is 12.6. The first kappa shape index (κ1) is 23.0. The Labute approximate surface area is 210 Å². The van der Waals surface area contributed by atoms with E-state index in [1.165, 1.54) is 12.1 Å². The van der Waals surface area contributed by atoms with Crippen LogP contribution in [0.25, 0.3) is 0 Å². The van der Waals surface area contributed by atoms with E-state index in [-0.39, 0.29) is 11.9 Å². The Morgan fingerprint density at radius 2 is 1.53 bits per heavy atom. The highest BCUT2D eigenvalue weighted by molar-refractivity contribution is 5.44. The molecule has 1 atom stereocenters. The summed E-state index contributed by atoms with van der Waals surface area (Å²) in [4.78, 5) is 0. The molecule has 0 aliphatic carbocycles. The minimum Gasteiger partial charge on any atom is -0.484 e. The molecule has 3 fully saturated rings. The number of halogens is 1. The van der Waals surface area contributed by atoms with Crippen molar-refractivity contribution in [1.82, 2.24) is 5.16 Å². The van der Waals surface area contributed by atoms with Crippen LogP contribution in [0.2, 0.25) is 0 Å². The van der Waals surface area contributed by atoms with Gasteiger partial charge in [-0.25, -0.2) is 4.39 Å². The van der Waals surface area contributed by atoms with Gasteiger partial charge in [0.2, 0.25) is 0 Å². The molecule has 0 spiro atoms. The zero-order chi connectivity index (χ0) is 24.6. The molecule has 5 nitrogen and oxygen atoms in total. The molecule has 6 heteroatoms. The number of hydrogen-bond acceptors (Lipinski definition) is 4. The van der Waals surface area contributed by atoms with E-state index in [4.69, 9.17) is 9.26 Å². The van der Waals surface area contributed by atoms with Crippen LogP contribution in [0.15, 0.2) is 95.5 Å². The molecular weight excluding hydrogens is 455 g/mol. The van der Waals surface area contributed by atoms with Crippen molar-refractivity contribution in [2.75, 3.05) is 19.6 Å². The molecule has 3 aliphatic heterocycles. The Balaban J connectivity index is 1.26. The van der Waals surface area contributed by atoms with Crippen LogP contribution in [-0.2, 0) is 12.1 Å². The zero-order valence-electron chi connectivity index (χ0n) is 20.1. The number of quaternary nitrogens is 1. The highest BCUT2D eigenvalue weighted by Gasteiger charge is 2.48. The Morgan fingerprint density at radius 1 is 0.917 bits per heavy atom. The third-order valence-corrected chi connectivity index (χ3v) is 7.95. The molecule has 36 heavy (non-hydrogen) atoms. The number of nitrogens with zero attached hydrogens (tertiary/aromatic N) is 2. The summed E-state index contributed by atoms with van der Waals surface area (Å²) in [5.41, 5.74) is 0.566. The normalized spacial score (nSPS) is 23.5. The van der Waals surface area contributed by atoms with E-state index >= 15 is 0 Å². The van der Waals surface area contributed by atoms with Crippen LogP contribution in [0, 0.1) is 11.7 Å². The number of rotatable bonds is 7. The average molecular weight is 486 g/mol. The second kappa shape index (κ2) is 9.19. The molecule has 3 aromatic carbocycles. The van der Waals surface area contributed by atoms with Crippen LogP contribution in [-0.4, -0.2) is 40.5 Å². The van der Waals surface area contributed by atoms with Gasteiger partial charge in [0.25, 0.3) is 0 Å². The summed E-state index contributed by atoms with van der Waals surface area (Å²) in [5.74, 6) is 1.73. The lowest BCUT2D eigenvalue weighted by atomic mass is 9.82. The van der Waals surface area contributed by atoms with Gasteiger partial charge < -0.3 is 18.8 Å². The predicted octanol–water partition coefficient (Wildman–Crippen LogP) is 5.29. The number of aliphatic hydroxyl groups is 1. The maximum atomic E-state index is 13.3. The van der Waals surface area contributed by atoms with E-state index in [0.29, 0.717) is 23.9 Å². The molecule has 7 rings (SSSR count). The summed E-state index contributed by atoms with van der Waals surface area (Å²) in [7, 11) is 0. The highest BCUT2D eigenvalue weighted by atomic mass is 19.1. The van der Waals surface area contributed by atoms with Gasteiger partial charge >= 0.3 is 0 Å². The van der Waals surface area contributed by atoms with Gasteiger partial charge in [0.05, 0.1) is 13.1 Å². The molecule has 0 saturated carbocycles. The van der Waals surface area contributed by atoms with Crippen LogP contribution in [0.3, 0.4) is 0 Å². The summed E-state index contributed by atoms with van der Waals surface area (Å²) in [6.45, 7) is 3.69. The van der Waals surface area contributed by atoms with Gasteiger partial charge in [0, 0.05) is 24.8 Å². The van der Waals surface area contributed by atoms with Gasteiger partial charge in [-0.05, 0) is 35.4 Å². The van der Waals surface area contributed by atoms with E-state index in [1.54, 1.807) is 12.1 Å². The summed E-state index contributed by atoms with van der Waals surface area (Å²) in [5, 5.41) is 16.4. The molecule has 4 heterocycles. The molecule has 0 amide bonds. The molecule has 3 saturated heterocycles. The molecule has 2 bridgehead atoms. The van der Waals surface area contributed by atoms with E-state index in [1.807, 2.05) is 66.7 Å². The maximum Gasteiger partial charge on any atom is 0.191 e. The lowest BCUT2D eigenvalue weighted by molar-refractivity contribution is -0.959. The van der Waals surface area contributed by atoms with Gasteiger partial charge in [-0.1, -0.05) is 65.8 Å². The quantitative estimate of drug-likeness (QED) is 0.362. The van der Waals surface area contributed by atoms with Crippen molar-refractivity contribution >= 4 is 0 Å². The van der Waals surface area contributed by atoms with Crippen LogP contribution in [0.4, 0.5) is 4.39 Å². The summed E-state index contributed by atoms with van der Waals surface area (Å²) in [6.07, 6.45) is 2.27. The monoisotopic (exact) mass is 485 g/mol. The second-order valence-electron chi connectivity index (χ2n) is 10.2. The number of ether oxygens (including phenoxy) is 1. The Bertz CT molecular complexity index is 1260. The minimum absolute atomic E-state index is 0.0888. The molecule has 4 aromatic rings. The number of piperidine rings is 3. The number of hydrogen-bond donors (Lipinski definition) is 1. The van der Waals surface area contributed by atoms with E-state index < -0.39 is 5.60 Å². The van der Waals surface area contributed by atoms with Crippen LogP contribution >= 0.6 is 0 Å². The van der Waals surface area contributed by atoms with Gasteiger partial charge in [-0.3, -0.25) is 0 Å². The Hall–Kier alpha value is -3.48. The Morgan fingerprint density at radius 3 is 2.14 bits per heavy atom. The van der Waals surface area contributed by atoms with Gasteiger partial charge in [0.1, 0.15) is 30.4 Å². The Kier molecular flexibility index (Phi) is 5.86. The van der Waals surface area contributed by atoms with Crippen molar-refractivity contribution in [2.45, 2.75) is 31.1 Å². The summed E-state index contributed by atoms with van der Waals surface area (Å²) < 4.78 is 26.4. The van der Waals surface area contributed by atoms with E-state index in [9.17, 15) is 9.50 Å². The molecule has 0 unspecified atom stereocenters. The molecule has 0 radical (unpaired) electrons. The third-order valence-electron chi connectivity index (χ3n) is 7.95. The molecule has 1 N–H and O–H groups in total. The largest absolute Gasteiger partial charge is 0.484 e. The molecule has 3 aliphatic rings. The van der Waals surface area contributed by atoms with Crippen LogP contribution in [0.5, 0.6) is 5.75 Å². The third kappa shape index (κ3) is 4.21. The van der Waals surface area contributed by atoms with Crippen LogP contribution in [0.1, 0.15) is 35.4 Å². The second-order valence-corrected chi connectivity index (χ2v) is 10.2. The summed E-state index contributed by atoms with van der Waals surface area (Å²) in [6, 6.07) is 27.4. The first-order chi connectivity index (χ1) is 17.5. The highest BCUT2D eigenvalue weighted by Crippen LogP contribution is 2.39. The molecule has 184 valence electrons. The topological polar surface area (TPSA) is 55.5 Å². The molecule has 1 aromatic heterocycles. The number of benzene rings is 3. The van der Waals surface area contributed by atoms with E-state index in [2.05, 4.69) is 5.16 Å².